The van der Waals surface area contributed by atoms with Crippen molar-refractivity contribution in [2.45, 2.75) is 56.1 Å². The number of piperazine rings is 1. The van der Waals surface area contributed by atoms with Gasteiger partial charge in [0.1, 0.15) is 29.6 Å². The first-order valence-electron chi connectivity index (χ1n) is 14.3. The Hall–Kier alpha value is -3.22. The molecule has 4 fully saturated rings. The molecule has 8 rings (SSSR count). The van der Waals surface area contributed by atoms with Crippen molar-refractivity contribution in [1.82, 2.24) is 25.2 Å². The van der Waals surface area contributed by atoms with Crippen molar-refractivity contribution in [2.24, 2.45) is 0 Å². The summed E-state index contributed by atoms with van der Waals surface area (Å²) in [4.78, 5) is 18.3. The van der Waals surface area contributed by atoms with Crippen molar-refractivity contribution < 1.29 is 17.9 Å². The number of aromatic nitrogens is 3. The highest BCUT2D eigenvalue weighted by atomic mass is 32.1. The van der Waals surface area contributed by atoms with E-state index in [9.17, 15) is 4.39 Å². The first-order chi connectivity index (χ1) is 19.9. The molecule has 2 aromatic heterocycles. The van der Waals surface area contributed by atoms with Crippen LogP contribution < -0.4 is 20.7 Å². The molecule has 0 amide bonds. The second-order valence-corrected chi connectivity index (χ2v) is 12.8. The molecule has 4 aliphatic rings. The fourth-order valence-electron chi connectivity index (χ4n) is 7.65. The number of anilines is 2. The topological polar surface area (TPSA) is 92.4 Å². The monoisotopic (exact) mass is 581 g/mol. The lowest BCUT2D eigenvalue weighted by atomic mass is 9.95. The van der Waals surface area contributed by atoms with E-state index in [0.717, 1.165) is 76.0 Å². The lowest BCUT2D eigenvalue weighted by molar-refractivity contribution is 0.108. The van der Waals surface area contributed by atoms with Crippen LogP contribution in [0.15, 0.2) is 18.2 Å². The van der Waals surface area contributed by atoms with Crippen LogP contribution in [-0.2, 0) is 0 Å². The number of nitrogens with zero attached hydrogens (tertiary/aromatic N) is 5. The van der Waals surface area contributed by atoms with Crippen molar-refractivity contribution in [3.63, 3.8) is 0 Å². The van der Waals surface area contributed by atoms with E-state index in [1.54, 1.807) is 0 Å². The fourth-order valence-corrected chi connectivity index (χ4v) is 8.41. The first-order valence-corrected chi connectivity index (χ1v) is 15.1. The van der Waals surface area contributed by atoms with Gasteiger partial charge in [-0.15, -0.1) is 0 Å². The minimum absolute atomic E-state index is 0.0211. The van der Waals surface area contributed by atoms with Crippen LogP contribution in [0.5, 0.6) is 6.01 Å². The number of rotatable bonds is 5. The molecule has 2 unspecified atom stereocenters. The predicted molar refractivity (Wildman–Crippen MR) is 153 cm³/mol. The van der Waals surface area contributed by atoms with Crippen molar-refractivity contribution in [2.75, 3.05) is 43.4 Å². The summed E-state index contributed by atoms with van der Waals surface area (Å²) < 4.78 is 53.5. The molecule has 4 aliphatic heterocycles. The predicted octanol–water partition coefficient (Wildman–Crippen LogP) is 4.85. The van der Waals surface area contributed by atoms with Gasteiger partial charge in [0.2, 0.25) is 0 Å². The Morgan fingerprint density at radius 2 is 1.76 bits per heavy atom. The lowest BCUT2D eigenvalue weighted by Crippen LogP contribution is -2.52. The minimum Gasteiger partial charge on any atom is -0.461 e. The number of fused-ring (bicyclic) bond motifs is 5. The maximum Gasteiger partial charge on any atom is 0.319 e. The molecule has 0 spiro atoms. The Bertz CT molecular complexity index is 1670. The summed E-state index contributed by atoms with van der Waals surface area (Å²) in [5.74, 6) is -1.68. The van der Waals surface area contributed by atoms with Crippen LogP contribution in [0.25, 0.3) is 32.2 Å². The van der Waals surface area contributed by atoms with Gasteiger partial charge in [-0.25, -0.2) is 18.2 Å². The van der Waals surface area contributed by atoms with Gasteiger partial charge in [-0.2, -0.15) is 9.97 Å². The molecule has 3 N–H and O–H groups in total. The van der Waals surface area contributed by atoms with E-state index in [1.807, 2.05) is 0 Å². The first kappa shape index (κ1) is 25.5. The van der Waals surface area contributed by atoms with E-state index in [1.165, 1.54) is 18.2 Å². The van der Waals surface area contributed by atoms with Crippen molar-refractivity contribution in [3.05, 3.63) is 35.7 Å². The average molecular weight is 582 g/mol. The zero-order chi connectivity index (χ0) is 27.9. The maximum absolute atomic E-state index is 16.6. The van der Waals surface area contributed by atoms with Crippen molar-refractivity contribution in [3.8, 4) is 17.1 Å². The second-order valence-electron chi connectivity index (χ2n) is 11.8. The number of nitrogen functional groups attached to an aromatic ring is 1. The van der Waals surface area contributed by atoms with Crippen molar-refractivity contribution in [1.29, 1.82) is 0 Å². The third-order valence-electron chi connectivity index (χ3n) is 9.53. The van der Waals surface area contributed by atoms with E-state index in [-0.39, 0.29) is 55.6 Å². The molecule has 2 atom stereocenters. The molecule has 0 aliphatic carbocycles. The molecule has 41 heavy (non-hydrogen) atoms. The standard InChI is InChI=1S/C29H30F3N7OS/c30-19-6-5-17(24-25(19)41-27(33)35-24)21-20(31)11-18-23(22(21)32)36-28(40-14-29-7-1-9-38(29)10-2-8-29)37-26(18)39-15-3-4-16(39)13-34-12-15/h5-6,11,15-16,34H,1-4,7-10,12-14H2,(H2,33,35). The van der Waals surface area contributed by atoms with E-state index >= 15 is 8.78 Å². The quantitative estimate of drug-likeness (QED) is 0.346. The Labute approximate surface area is 238 Å². The molecule has 8 nitrogen and oxygen atoms in total. The van der Waals surface area contributed by atoms with Crippen LogP contribution in [0.3, 0.4) is 0 Å². The number of thiazole rings is 1. The van der Waals surface area contributed by atoms with Crippen LogP contribution >= 0.6 is 11.3 Å². The number of hydrogen-bond acceptors (Lipinski definition) is 9. The van der Waals surface area contributed by atoms with E-state index in [2.05, 4.69) is 25.1 Å². The average Bonchev–Trinajstić information content (AvgIpc) is 3.70. The number of nitrogens with two attached hydrogens (primary N) is 1. The Morgan fingerprint density at radius 1 is 1.00 bits per heavy atom. The lowest BCUT2D eigenvalue weighted by Gasteiger charge is -2.37. The Morgan fingerprint density at radius 3 is 2.51 bits per heavy atom. The molecular weight excluding hydrogens is 551 g/mol. The van der Waals surface area contributed by atoms with Gasteiger partial charge in [0.15, 0.2) is 10.9 Å². The van der Waals surface area contributed by atoms with Crippen molar-refractivity contribution >= 4 is 43.4 Å². The van der Waals surface area contributed by atoms with Gasteiger partial charge >= 0.3 is 6.01 Å². The SMILES string of the molecule is Nc1nc2c(-c3c(F)cc4c(N5C6CCC5CNC6)nc(OCC56CCCN5CCC6)nc4c3F)ccc(F)c2s1. The fraction of sp³-hybridized carbons (Fsp3) is 0.483. The summed E-state index contributed by atoms with van der Waals surface area (Å²) in [6.45, 7) is 4.10. The number of halogens is 3. The maximum atomic E-state index is 16.6. The third kappa shape index (κ3) is 3.90. The van der Waals surface area contributed by atoms with Gasteiger partial charge in [0.25, 0.3) is 0 Å². The molecule has 0 radical (unpaired) electrons. The molecule has 4 saturated heterocycles. The highest BCUT2D eigenvalue weighted by Crippen LogP contribution is 2.43. The molecule has 4 aromatic rings. The largest absolute Gasteiger partial charge is 0.461 e. The molecule has 2 aromatic carbocycles. The van der Waals surface area contributed by atoms with Gasteiger partial charge < -0.3 is 20.7 Å². The summed E-state index contributed by atoms with van der Waals surface area (Å²) in [7, 11) is 0. The van der Waals surface area contributed by atoms with Crippen LogP contribution in [0.1, 0.15) is 38.5 Å². The molecule has 0 saturated carbocycles. The molecular formula is C29H30F3N7OS. The highest BCUT2D eigenvalue weighted by Gasteiger charge is 2.45. The summed E-state index contributed by atoms with van der Waals surface area (Å²) in [5.41, 5.74) is 5.72. The molecule has 12 heteroatoms. The van der Waals surface area contributed by atoms with Gasteiger partial charge in [0, 0.05) is 36.1 Å². The molecule has 6 heterocycles. The Balaban J connectivity index is 1.29. The van der Waals surface area contributed by atoms with E-state index in [4.69, 9.17) is 15.5 Å². The smallest absolute Gasteiger partial charge is 0.319 e. The summed E-state index contributed by atoms with van der Waals surface area (Å²) >= 11 is 0.944. The van der Waals surface area contributed by atoms with Gasteiger partial charge in [-0.1, -0.05) is 11.3 Å². The number of hydrogen-bond donors (Lipinski definition) is 2. The van der Waals surface area contributed by atoms with E-state index in [0.29, 0.717) is 17.8 Å². The van der Waals surface area contributed by atoms with Crippen LogP contribution in [0.4, 0.5) is 24.1 Å². The van der Waals surface area contributed by atoms with Crippen LogP contribution in [-0.4, -0.2) is 70.3 Å². The van der Waals surface area contributed by atoms with Crippen LogP contribution in [0.2, 0.25) is 0 Å². The number of benzene rings is 2. The summed E-state index contributed by atoms with van der Waals surface area (Å²) in [6, 6.07) is 4.25. The van der Waals surface area contributed by atoms with E-state index < -0.39 is 17.5 Å². The number of ether oxygens (including phenoxy) is 1. The normalized spacial score (nSPS) is 23.6. The molecule has 214 valence electrons. The zero-order valence-corrected chi connectivity index (χ0v) is 23.2. The minimum atomic E-state index is -0.850. The molecule has 2 bridgehead atoms. The van der Waals surface area contributed by atoms with Gasteiger partial charge in [-0.05, 0) is 69.8 Å². The third-order valence-corrected chi connectivity index (χ3v) is 10.4. The van der Waals surface area contributed by atoms with Gasteiger partial charge in [0.05, 0.1) is 21.3 Å². The summed E-state index contributed by atoms with van der Waals surface area (Å²) in [5, 5.41) is 3.87. The Kier molecular flexibility index (Phi) is 5.84. The van der Waals surface area contributed by atoms with Gasteiger partial charge in [-0.3, -0.25) is 4.90 Å². The summed E-state index contributed by atoms with van der Waals surface area (Å²) in [6.07, 6.45) is 6.30. The second kappa shape index (κ2) is 9.40. The number of nitrogens with one attached hydrogen (secondary N) is 1. The van der Waals surface area contributed by atoms with Crippen LogP contribution in [0, 0.1) is 17.5 Å². The zero-order valence-electron chi connectivity index (χ0n) is 22.4. The highest BCUT2D eigenvalue weighted by molar-refractivity contribution is 7.22.